The number of thioether (sulfide) groups is 1. The Balaban J connectivity index is 1.51. The molecule has 0 aliphatic rings. The zero-order valence-corrected chi connectivity index (χ0v) is 16.7. The van der Waals surface area contributed by atoms with Gasteiger partial charge in [-0.3, -0.25) is 4.79 Å². The van der Waals surface area contributed by atoms with Gasteiger partial charge in [-0.15, -0.1) is 10.2 Å². The van der Waals surface area contributed by atoms with Gasteiger partial charge in [0.05, 0.1) is 18.1 Å². The third-order valence-electron chi connectivity index (χ3n) is 3.38. The molecule has 130 valence electrons. The Morgan fingerprint density at radius 3 is 2.50 bits per heavy atom. The minimum absolute atomic E-state index is 0.118. The van der Waals surface area contributed by atoms with E-state index in [1.54, 1.807) is 23.9 Å². The van der Waals surface area contributed by atoms with Gasteiger partial charge in [0.15, 0.2) is 4.34 Å². The van der Waals surface area contributed by atoms with E-state index >= 15 is 0 Å². The van der Waals surface area contributed by atoms with Crippen LogP contribution in [0.4, 0.5) is 5.13 Å². The number of amides is 1. The molecule has 26 heavy (non-hydrogen) atoms. The molecule has 8 heteroatoms. The lowest BCUT2D eigenvalue weighted by molar-refractivity contribution is -0.115. The quantitative estimate of drug-likeness (QED) is 0.442. The van der Waals surface area contributed by atoms with Gasteiger partial charge in [-0.2, -0.15) is 5.26 Å². The first-order valence-electron chi connectivity index (χ1n) is 7.62. The van der Waals surface area contributed by atoms with Crippen LogP contribution in [-0.2, 0) is 17.0 Å². The van der Waals surface area contributed by atoms with E-state index in [0.29, 0.717) is 17.1 Å². The van der Waals surface area contributed by atoms with E-state index in [1.165, 1.54) is 11.3 Å². The predicted octanol–water partition coefficient (Wildman–Crippen LogP) is 4.65. The Morgan fingerprint density at radius 1 is 1.12 bits per heavy atom. The Morgan fingerprint density at radius 2 is 1.81 bits per heavy atom. The Hall–Kier alpha value is -2.21. The monoisotopic (exact) mass is 444 g/mol. The number of benzene rings is 2. The second kappa shape index (κ2) is 8.94. The smallest absolute Gasteiger partial charge is 0.230 e. The summed E-state index contributed by atoms with van der Waals surface area (Å²) in [6.07, 6.45) is 0.292. The van der Waals surface area contributed by atoms with Crippen LogP contribution < -0.4 is 5.32 Å². The van der Waals surface area contributed by atoms with Crippen LogP contribution in [0.2, 0.25) is 0 Å². The number of halogens is 1. The number of carbonyl (C=O) groups is 1. The molecule has 0 bridgehead atoms. The van der Waals surface area contributed by atoms with E-state index in [1.807, 2.05) is 36.4 Å². The maximum Gasteiger partial charge on any atom is 0.230 e. The average Bonchev–Trinajstić information content (AvgIpc) is 3.09. The van der Waals surface area contributed by atoms with Crippen molar-refractivity contribution in [2.24, 2.45) is 0 Å². The Bertz CT molecular complexity index is 933. The van der Waals surface area contributed by atoms with Crippen molar-refractivity contribution in [3.63, 3.8) is 0 Å². The van der Waals surface area contributed by atoms with Crippen LogP contribution in [0.1, 0.15) is 16.7 Å². The summed E-state index contributed by atoms with van der Waals surface area (Å²) in [6, 6.07) is 17.2. The lowest BCUT2D eigenvalue weighted by Crippen LogP contribution is -2.14. The molecule has 3 rings (SSSR count). The lowest BCUT2D eigenvalue weighted by Gasteiger charge is -2.01. The molecule has 5 nitrogen and oxygen atoms in total. The molecule has 0 aliphatic heterocycles. The Kier molecular flexibility index (Phi) is 6.39. The van der Waals surface area contributed by atoms with Crippen molar-refractivity contribution < 1.29 is 4.79 Å². The largest absolute Gasteiger partial charge is 0.300 e. The van der Waals surface area contributed by atoms with Crippen molar-refractivity contribution in [1.82, 2.24) is 10.2 Å². The van der Waals surface area contributed by atoms with Gasteiger partial charge in [0.2, 0.25) is 11.0 Å². The molecule has 3 aromatic rings. The second-order valence-corrected chi connectivity index (χ2v) is 8.44. The van der Waals surface area contributed by atoms with Crippen LogP contribution in [0.3, 0.4) is 0 Å². The van der Waals surface area contributed by atoms with Crippen LogP contribution in [-0.4, -0.2) is 16.1 Å². The highest BCUT2D eigenvalue weighted by atomic mass is 79.9. The SMILES string of the molecule is N#Cc1ccc(CSc2nnc(NC(=O)Cc3ccc(Br)cc3)s2)cc1. The molecule has 1 N–H and O–H groups in total. The van der Waals surface area contributed by atoms with Crippen molar-refractivity contribution in [1.29, 1.82) is 5.26 Å². The predicted molar refractivity (Wildman–Crippen MR) is 107 cm³/mol. The van der Waals surface area contributed by atoms with Gasteiger partial charge < -0.3 is 5.32 Å². The van der Waals surface area contributed by atoms with Gasteiger partial charge in [0.25, 0.3) is 0 Å². The summed E-state index contributed by atoms with van der Waals surface area (Å²) >= 11 is 6.27. The minimum Gasteiger partial charge on any atom is -0.300 e. The van der Waals surface area contributed by atoms with Crippen molar-refractivity contribution in [2.45, 2.75) is 16.5 Å². The number of nitrogens with zero attached hydrogens (tertiary/aromatic N) is 3. The molecule has 0 fully saturated rings. The highest BCUT2D eigenvalue weighted by Crippen LogP contribution is 2.28. The molecule has 1 heterocycles. The van der Waals surface area contributed by atoms with Gasteiger partial charge in [0.1, 0.15) is 0 Å². The third kappa shape index (κ3) is 5.39. The highest BCUT2D eigenvalue weighted by molar-refractivity contribution is 9.10. The summed E-state index contributed by atoms with van der Waals surface area (Å²) in [6.45, 7) is 0. The first-order valence-corrected chi connectivity index (χ1v) is 10.2. The van der Waals surface area contributed by atoms with Crippen LogP contribution >= 0.6 is 39.0 Å². The van der Waals surface area contributed by atoms with E-state index in [4.69, 9.17) is 5.26 Å². The molecule has 0 aliphatic carbocycles. The number of carbonyl (C=O) groups excluding carboxylic acids is 1. The molecule has 0 saturated carbocycles. The number of anilines is 1. The van der Waals surface area contributed by atoms with Crippen molar-refractivity contribution in [2.75, 3.05) is 5.32 Å². The summed E-state index contributed by atoms with van der Waals surface area (Å²) in [4.78, 5) is 12.1. The molecule has 1 aromatic heterocycles. The molecule has 0 atom stereocenters. The number of hydrogen-bond acceptors (Lipinski definition) is 6. The van der Waals surface area contributed by atoms with Crippen LogP contribution in [0.5, 0.6) is 0 Å². The van der Waals surface area contributed by atoms with Gasteiger partial charge in [0, 0.05) is 10.2 Å². The molecule has 1 amide bonds. The number of nitriles is 1. The van der Waals surface area contributed by atoms with Crippen LogP contribution in [0.15, 0.2) is 57.3 Å². The summed E-state index contributed by atoms with van der Waals surface area (Å²) < 4.78 is 1.77. The highest BCUT2D eigenvalue weighted by Gasteiger charge is 2.10. The minimum atomic E-state index is -0.118. The molecular formula is C18H13BrN4OS2. The maximum absolute atomic E-state index is 12.1. The summed E-state index contributed by atoms with van der Waals surface area (Å²) in [7, 11) is 0. The first kappa shape index (κ1) is 18.6. The van der Waals surface area contributed by atoms with E-state index < -0.39 is 0 Å². The van der Waals surface area contributed by atoms with Gasteiger partial charge in [-0.25, -0.2) is 0 Å². The van der Waals surface area contributed by atoms with Crippen molar-refractivity contribution in [3.05, 3.63) is 69.7 Å². The van der Waals surface area contributed by atoms with Crippen LogP contribution in [0, 0.1) is 11.3 Å². The summed E-state index contributed by atoms with van der Waals surface area (Å²) in [5, 5.41) is 20.2. The fraction of sp³-hybridized carbons (Fsp3) is 0.111. The van der Waals surface area contributed by atoms with Crippen molar-refractivity contribution >= 4 is 50.1 Å². The van der Waals surface area contributed by atoms with Gasteiger partial charge in [-0.1, -0.05) is 63.3 Å². The van der Waals surface area contributed by atoms with E-state index in [9.17, 15) is 4.79 Å². The fourth-order valence-electron chi connectivity index (χ4n) is 2.09. The zero-order valence-electron chi connectivity index (χ0n) is 13.5. The second-order valence-electron chi connectivity index (χ2n) is 5.32. The average molecular weight is 445 g/mol. The number of hydrogen-bond donors (Lipinski definition) is 1. The molecule has 0 saturated heterocycles. The van der Waals surface area contributed by atoms with Crippen LogP contribution in [0.25, 0.3) is 0 Å². The molecule has 2 aromatic carbocycles. The third-order valence-corrected chi connectivity index (χ3v) is 5.95. The van der Waals surface area contributed by atoms with Gasteiger partial charge in [-0.05, 0) is 35.4 Å². The van der Waals surface area contributed by atoms with Crippen molar-refractivity contribution in [3.8, 4) is 6.07 Å². The Labute approximate surface area is 167 Å². The molecule has 0 spiro atoms. The first-order chi connectivity index (χ1) is 12.6. The topological polar surface area (TPSA) is 78.7 Å². The summed E-state index contributed by atoms with van der Waals surface area (Å²) in [5.41, 5.74) is 2.68. The zero-order chi connectivity index (χ0) is 18.4. The van der Waals surface area contributed by atoms with E-state index in [0.717, 1.165) is 25.7 Å². The standard InChI is InChI=1S/C18H13BrN4OS2/c19-15-7-5-12(6-8-15)9-16(24)21-17-22-23-18(26-17)25-11-14-3-1-13(10-20)2-4-14/h1-8H,9,11H2,(H,21,22,24). The number of rotatable bonds is 6. The maximum atomic E-state index is 12.1. The normalized spacial score (nSPS) is 10.3. The van der Waals surface area contributed by atoms with Gasteiger partial charge >= 0.3 is 0 Å². The lowest BCUT2D eigenvalue weighted by atomic mass is 10.1. The van der Waals surface area contributed by atoms with E-state index in [2.05, 4.69) is 37.5 Å². The number of aromatic nitrogens is 2. The molecule has 0 radical (unpaired) electrons. The summed E-state index contributed by atoms with van der Waals surface area (Å²) in [5.74, 6) is 0.611. The molecular weight excluding hydrogens is 432 g/mol. The van der Waals surface area contributed by atoms with E-state index in [-0.39, 0.29) is 5.91 Å². The number of nitrogens with one attached hydrogen (secondary N) is 1. The fourth-order valence-corrected chi connectivity index (χ4v) is 4.08. The molecule has 0 unspecified atom stereocenters.